The maximum Gasteiger partial charge on any atom is -0.0135 e. The van der Waals surface area contributed by atoms with Crippen LogP contribution in [0.25, 0.3) is 0 Å². The molecular formula is C18H24. The zero-order valence-electron chi connectivity index (χ0n) is 11.9. The van der Waals surface area contributed by atoms with Crippen molar-refractivity contribution in [2.45, 2.75) is 33.6 Å². The molecule has 0 bridgehead atoms. The third-order valence-corrected chi connectivity index (χ3v) is 3.35. The highest BCUT2D eigenvalue weighted by atomic mass is 14.1. The van der Waals surface area contributed by atoms with Crippen molar-refractivity contribution in [3.8, 4) is 0 Å². The zero-order valence-corrected chi connectivity index (χ0v) is 11.9. The molecule has 0 fully saturated rings. The summed E-state index contributed by atoms with van der Waals surface area (Å²) in [4.78, 5) is 0. The van der Waals surface area contributed by atoms with Crippen molar-refractivity contribution in [3.63, 3.8) is 0 Å². The fourth-order valence-corrected chi connectivity index (χ4v) is 2.03. The van der Waals surface area contributed by atoms with E-state index in [0.29, 0.717) is 5.92 Å². The van der Waals surface area contributed by atoms with E-state index in [0.717, 1.165) is 12.8 Å². The molecule has 0 amide bonds. The van der Waals surface area contributed by atoms with E-state index in [2.05, 4.69) is 58.2 Å². The van der Waals surface area contributed by atoms with Crippen LogP contribution in [-0.2, 0) is 0 Å². The molecule has 1 aliphatic rings. The molecule has 0 spiro atoms. The number of allylic oxidation sites excluding steroid dienone is 10. The van der Waals surface area contributed by atoms with E-state index >= 15 is 0 Å². The van der Waals surface area contributed by atoms with Gasteiger partial charge in [0.2, 0.25) is 0 Å². The van der Waals surface area contributed by atoms with Crippen LogP contribution >= 0.6 is 0 Å². The van der Waals surface area contributed by atoms with Crippen molar-refractivity contribution in [2.75, 3.05) is 0 Å². The molecule has 0 aromatic rings. The average molecular weight is 240 g/mol. The molecule has 0 heterocycles. The second-order valence-corrected chi connectivity index (χ2v) is 5.03. The Bertz CT molecular complexity index is 439. The normalized spacial score (nSPS) is 26.9. The van der Waals surface area contributed by atoms with Crippen molar-refractivity contribution in [1.82, 2.24) is 0 Å². The molecule has 0 radical (unpaired) electrons. The van der Waals surface area contributed by atoms with Gasteiger partial charge in [-0.05, 0) is 43.8 Å². The lowest BCUT2D eigenvalue weighted by molar-refractivity contribution is 0.677. The maximum atomic E-state index is 4.12. The molecule has 18 heavy (non-hydrogen) atoms. The first-order chi connectivity index (χ1) is 8.54. The molecule has 0 N–H and O–H groups in total. The zero-order chi connectivity index (χ0) is 13.5. The number of rotatable bonds is 3. The molecule has 96 valence electrons. The molecular weight excluding hydrogens is 216 g/mol. The van der Waals surface area contributed by atoms with Crippen molar-refractivity contribution in [3.05, 3.63) is 71.9 Å². The third kappa shape index (κ3) is 4.37. The lowest BCUT2D eigenvalue weighted by atomic mass is 9.91. The van der Waals surface area contributed by atoms with Crippen LogP contribution in [-0.4, -0.2) is 0 Å². The Morgan fingerprint density at radius 3 is 2.78 bits per heavy atom. The minimum Gasteiger partial charge on any atom is -0.0993 e. The molecule has 1 unspecified atom stereocenters. The molecule has 1 aliphatic carbocycles. The van der Waals surface area contributed by atoms with Gasteiger partial charge in [-0.2, -0.15) is 0 Å². The highest BCUT2D eigenvalue weighted by Gasteiger charge is 2.07. The topological polar surface area (TPSA) is 0 Å². The van der Waals surface area contributed by atoms with Crippen LogP contribution in [0.5, 0.6) is 0 Å². The second-order valence-electron chi connectivity index (χ2n) is 5.03. The van der Waals surface area contributed by atoms with Crippen molar-refractivity contribution < 1.29 is 0 Å². The van der Waals surface area contributed by atoms with Gasteiger partial charge in [-0.25, -0.2) is 0 Å². The van der Waals surface area contributed by atoms with Gasteiger partial charge >= 0.3 is 0 Å². The molecule has 0 aromatic heterocycles. The van der Waals surface area contributed by atoms with Crippen LogP contribution in [0.2, 0.25) is 0 Å². The SMILES string of the molecule is C=C\C=C(C)/C=C(C)/C1=C/CC(C)C(=C)C/C=C\1. The summed E-state index contributed by atoms with van der Waals surface area (Å²) in [5.41, 5.74) is 5.19. The van der Waals surface area contributed by atoms with Crippen molar-refractivity contribution in [2.24, 2.45) is 5.92 Å². The molecule has 0 aromatic carbocycles. The standard InChI is InChI=1S/C18H24/c1-6-8-14(2)13-17(5)18-10-7-9-15(3)16(4)11-12-18/h6-8,10,12-13,16H,1,3,9,11H2,2,4-5H3/b10-7-,14-8-,17-13+,18-12+. The van der Waals surface area contributed by atoms with Gasteiger partial charge in [0.25, 0.3) is 0 Å². The van der Waals surface area contributed by atoms with Gasteiger partial charge in [0.05, 0.1) is 0 Å². The summed E-state index contributed by atoms with van der Waals surface area (Å²) in [7, 11) is 0. The lowest BCUT2D eigenvalue weighted by Gasteiger charge is -2.15. The summed E-state index contributed by atoms with van der Waals surface area (Å²) in [5, 5.41) is 0. The van der Waals surface area contributed by atoms with Gasteiger partial charge < -0.3 is 0 Å². The summed E-state index contributed by atoms with van der Waals surface area (Å²) in [5.74, 6) is 0.572. The molecule has 0 heteroatoms. The fourth-order valence-electron chi connectivity index (χ4n) is 2.03. The van der Waals surface area contributed by atoms with Crippen LogP contribution in [0.3, 0.4) is 0 Å². The minimum atomic E-state index is 0.572. The highest BCUT2D eigenvalue weighted by molar-refractivity contribution is 5.43. The molecule has 0 saturated carbocycles. The predicted octanol–water partition coefficient (Wildman–Crippen LogP) is 5.53. The fraction of sp³-hybridized carbons (Fsp3) is 0.333. The summed E-state index contributed by atoms with van der Waals surface area (Å²) in [6.07, 6.45) is 14.9. The Hall–Kier alpha value is -1.56. The third-order valence-electron chi connectivity index (χ3n) is 3.35. The molecule has 0 nitrogen and oxygen atoms in total. The van der Waals surface area contributed by atoms with Crippen LogP contribution in [0.15, 0.2) is 71.9 Å². The second kappa shape index (κ2) is 7.00. The molecule has 1 atom stereocenters. The Kier molecular flexibility index (Phi) is 5.64. The van der Waals surface area contributed by atoms with Crippen molar-refractivity contribution >= 4 is 0 Å². The van der Waals surface area contributed by atoms with Gasteiger partial charge in [-0.1, -0.05) is 67.7 Å². The molecule has 1 rings (SSSR count). The summed E-state index contributed by atoms with van der Waals surface area (Å²) >= 11 is 0. The van der Waals surface area contributed by atoms with Gasteiger partial charge in [-0.15, -0.1) is 0 Å². The van der Waals surface area contributed by atoms with Crippen LogP contribution < -0.4 is 0 Å². The first kappa shape index (κ1) is 14.5. The maximum absolute atomic E-state index is 4.12. The Labute approximate surface area is 112 Å². The number of hydrogen-bond acceptors (Lipinski definition) is 0. The van der Waals surface area contributed by atoms with Gasteiger partial charge in [0.1, 0.15) is 0 Å². The van der Waals surface area contributed by atoms with Gasteiger partial charge in [-0.3, -0.25) is 0 Å². The van der Waals surface area contributed by atoms with E-state index in [9.17, 15) is 0 Å². The molecule has 0 saturated heterocycles. The smallest absolute Gasteiger partial charge is 0.0135 e. The van der Waals surface area contributed by atoms with E-state index in [-0.39, 0.29) is 0 Å². The Morgan fingerprint density at radius 1 is 1.39 bits per heavy atom. The van der Waals surface area contributed by atoms with Crippen LogP contribution in [0.1, 0.15) is 33.6 Å². The van der Waals surface area contributed by atoms with Gasteiger partial charge in [0.15, 0.2) is 0 Å². The van der Waals surface area contributed by atoms with Gasteiger partial charge in [0, 0.05) is 0 Å². The van der Waals surface area contributed by atoms with Crippen LogP contribution in [0, 0.1) is 5.92 Å². The largest absolute Gasteiger partial charge is 0.0993 e. The summed E-state index contributed by atoms with van der Waals surface area (Å²) in [6.45, 7) is 14.4. The quantitative estimate of drug-likeness (QED) is 0.449. The highest BCUT2D eigenvalue weighted by Crippen LogP contribution is 2.24. The van der Waals surface area contributed by atoms with E-state index in [4.69, 9.17) is 0 Å². The molecule has 0 aliphatic heterocycles. The summed E-state index contributed by atoms with van der Waals surface area (Å²) in [6, 6.07) is 0. The predicted molar refractivity (Wildman–Crippen MR) is 82.5 cm³/mol. The Morgan fingerprint density at radius 2 is 2.11 bits per heavy atom. The van der Waals surface area contributed by atoms with Crippen LogP contribution in [0.4, 0.5) is 0 Å². The first-order valence-corrected chi connectivity index (χ1v) is 6.57. The summed E-state index contributed by atoms with van der Waals surface area (Å²) < 4.78 is 0. The lowest BCUT2D eigenvalue weighted by Crippen LogP contribution is -1.99. The van der Waals surface area contributed by atoms with E-state index in [1.807, 2.05) is 12.2 Å². The monoisotopic (exact) mass is 240 g/mol. The number of hydrogen-bond donors (Lipinski definition) is 0. The van der Waals surface area contributed by atoms with E-state index in [1.54, 1.807) is 0 Å². The van der Waals surface area contributed by atoms with E-state index in [1.165, 1.54) is 22.3 Å². The van der Waals surface area contributed by atoms with E-state index < -0.39 is 0 Å². The minimum absolute atomic E-state index is 0.572. The van der Waals surface area contributed by atoms with Crippen molar-refractivity contribution in [1.29, 1.82) is 0 Å². The first-order valence-electron chi connectivity index (χ1n) is 6.57. The average Bonchev–Trinajstić information content (AvgIpc) is 2.30. The Balaban J connectivity index is 2.91.